The van der Waals surface area contributed by atoms with E-state index in [0.717, 1.165) is 20.4 Å². The zero-order valence-electron chi connectivity index (χ0n) is 11.7. The predicted octanol–water partition coefficient (Wildman–Crippen LogP) is 5.53. The molecule has 4 nitrogen and oxygen atoms in total. The molecule has 2 aromatic rings. The Morgan fingerprint density at radius 2 is 1.86 bits per heavy atom. The average Bonchev–Trinajstić information content (AvgIpc) is 2.41. The molecule has 0 amide bonds. The smallest absolute Gasteiger partial charge is 0.135 e. The van der Waals surface area contributed by atoms with Crippen molar-refractivity contribution in [1.29, 1.82) is 0 Å². The fourth-order valence-electron chi connectivity index (χ4n) is 1.68. The summed E-state index contributed by atoms with van der Waals surface area (Å²) in [6.07, 6.45) is 0. The zero-order chi connectivity index (χ0) is 15.6. The molecule has 0 aliphatic rings. The summed E-state index contributed by atoms with van der Waals surface area (Å²) in [5.41, 5.74) is 0.833. The van der Waals surface area contributed by atoms with E-state index in [-0.39, 0.29) is 5.92 Å². The van der Waals surface area contributed by atoms with E-state index in [1.807, 2.05) is 26.0 Å². The summed E-state index contributed by atoms with van der Waals surface area (Å²) in [5, 5.41) is 3.64. The summed E-state index contributed by atoms with van der Waals surface area (Å²) >= 11 is 13.0. The largest absolute Gasteiger partial charge is 0.495 e. The first kappa shape index (κ1) is 16.5. The van der Waals surface area contributed by atoms with Crippen molar-refractivity contribution < 1.29 is 4.74 Å². The lowest BCUT2D eigenvalue weighted by Crippen LogP contribution is -2.02. The van der Waals surface area contributed by atoms with Crippen LogP contribution in [0.3, 0.4) is 0 Å². The van der Waals surface area contributed by atoms with Crippen LogP contribution in [-0.4, -0.2) is 17.1 Å². The van der Waals surface area contributed by atoms with Crippen LogP contribution in [0, 0.1) is 0 Å². The topological polar surface area (TPSA) is 47.0 Å². The van der Waals surface area contributed by atoms with E-state index >= 15 is 0 Å². The normalized spacial score (nSPS) is 10.8. The van der Waals surface area contributed by atoms with Gasteiger partial charge in [-0.05, 0) is 37.9 Å². The number of ether oxygens (including phenoxy) is 1. The van der Waals surface area contributed by atoms with Crippen molar-refractivity contribution in [1.82, 2.24) is 9.97 Å². The Kier molecular flexibility index (Phi) is 5.46. The maximum absolute atomic E-state index is 6.05. The molecule has 112 valence electrons. The van der Waals surface area contributed by atoms with Crippen LogP contribution in [0.1, 0.15) is 25.6 Å². The molecule has 7 heteroatoms. The van der Waals surface area contributed by atoms with Crippen molar-refractivity contribution in [2.24, 2.45) is 0 Å². The minimum atomic E-state index is 0.201. The van der Waals surface area contributed by atoms with Crippen LogP contribution in [0.2, 0.25) is 5.15 Å². The molecule has 0 saturated heterocycles. The fraction of sp³-hybridized carbons (Fsp3) is 0.286. The van der Waals surface area contributed by atoms with E-state index in [4.69, 9.17) is 16.3 Å². The third-order valence-electron chi connectivity index (χ3n) is 2.73. The van der Waals surface area contributed by atoms with Crippen molar-refractivity contribution in [2.45, 2.75) is 19.8 Å². The lowest BCUT2D eigenvalue weighted by molar-refractivity contribution is 0.412. The van der Waals surface area contributed by atoms with Gasteiger partial charge in [0, 0.05) is 22.5 Å². The minimum Gasteiger partial charge on any atom is -0.495 e. The van der Waals surface area contributed by atoms with Gasteiger partial charge in [-0.15, -0.1) is 0 Å². The minimum absolute atomic E-state index is 0.201. The Bertz CT molecular complexity index is 665. The number of aromatic nitrogens is 2. The van der Waals surface area contributed by atoms with Crippen molar-refractivity contribution in [3.05, 3.63) is 38.1 Å². The molecule has 0 aliphatic heterocycles. The highest BCUT2D eigenvalue weighted by Gasteiger charge is 2.11. The van der Waals surface area contributed by atoms with E-state index in [9.17, 15) is 0 Å². The highest BCUT2D eigenvalue weighted by molar-refractivity contribution is 9.11. The number of methoxy groups -OCH3 is 1. The number of rotatable bonds is 4. The van der Waals surface area contributed by atoms with Crippen molar-refractivity contribution >= 4 is 55.0 Å². The quantitative estimate of drug-likeness (QED) is 0.642. The van der Waals surface area contributed by atoms with Gasteiger partial charge in [0.05, 0.1) is 17.3 Å². The van der Waals surface area contributed by atoms with E-state index in [2.05, 4.69) is 47.1 Å². The van der Waals surface area contributed by atoms with Crippen molar-refractivity contribution in [2.75, 3.05) is 12.4 Å². The molecule has 0 fully saturated rings. The molecule has 0 atom stereocenters. The second-order valence-corrected chi connectivity index (χ2v) is 6.78. The van der Waals surface area contributed by atoms with Gasteiger partial charge in [-0.1, -0.05) is 25.4 Å². The van der Waals surface area contributed by atoms with Crippen LogP contribution in [0.25, 0.3) is 0 Å². The second kappa shape index (κ2) is 6.94. The maximum Gasteiger partial charge on any atom is 0.135 e. The second-order valence-electron chi connectivity index (χ2n) is 4.68. The fourth-order valence-corrected chi connectivity index (χ4v) is 3.12. The summed E-state index contributed by atoms with van der Waals surface area (Å²) < 4.78 is 7.05. The van der Waals surface area contributed by atoms with Gasteiger partial charge in [-0.2, -0.15) is 0 Å². The highest BCUT2D eigenvalue weighted by Crippen LogP contribution is 2.36. The van der Waals surface area contributed by atoms with Crippen molar-refractivity contribution in [3.63, 3.8) is 0 Å². The molecule has 21 heavy (non-hydrogen) atoms. The van der Waals surface area contributed by atoms with Crippen LogP contribution in [0.5, 0.6) is 5.75 Å². The van der Waals surface area contributed by atoms with Gasteiger partial charge >= 0.3 is 0 Å². The molecule has 0 radical (unpaired) electrons. The first-order valence-corrected chi connectivity index (χ1v) is 8.21. The van der Waals surface area contributed by atoms with Gasteiger partial charge in [0.15, 0.2) is 0 Å². The molecule has 1 N–H and O–H groups in total. The summed E-state index contributed by atoms with van der Waals surface area (Å²) in [6, 6.07) is 5.47. The van der Waals surface area contributed by atoms with E-state index < -0.39 is 0 Å². The zero-order valence-corrected chi connectivity index (χ0v) is 15.7. The summed E-state index contributed by atoms with van der Waals surface area (Å²) in [4.78, 5) is 8.68. The Labute approximate surface area is 145 Å². The Morgan fingerprint density at radius 3 is 2.48 bits per heavy atom. The molecule has 0 spiro atoms. The standard InChI is InChI=1S/C14H14Br2ClN3O/c1-7(2)14-19-12(17)6-13(20-14)18-10-5-11(21-3)9(16)4-8(10)15/h4-7H,1-3H3,(H,18,19,20). The first-order valence-electron chi connectivity index (χ1n) is 6.25. The molecule has 0 bridgehead atoms. The van der Waals surface area contributed by atoms with Gasteiger partial charge in [-0.25, -0.2) is 9.97 Å². The number of hydrogen-bond donors (Lipinski definition) is 1. The number of nitrogens with one attached hydrogen (secondary N) is 1. The van der Waals surface area contributed by atoms with Crippen LogP contribution >= 0.6 is 43.5 Å². The highest BCUT2D eigenvalue weighted by atomic mass is 79.9. The molecule has 1 heterocycles. The number of halogens is 3. The third-order valence-corrected chi connectivity index (χ3v) is 4.20. The van der Waals surface area contributed by atoms with E-state index in [1.165, 1.54) is 0 Å². The first-order chi connectivity index (χ1) is 9.90. The van der Waals surface area contributed by atoms with Crippen LogP contribution in [0.4, 0.5) is 11.5 Å². The third kappa shape index (κ3) is 4.08. The molecule has 2 rings (SSSR count). The number of hydrogen-bond acceptors (Lipinski definition) is 4. The summed E-state index contributed by atoms with van der Waals surface area (Å²) in [7, 11) is 1.62. The lowest BCUT2D eigenvalue weighted by Gasteiger charge is -2.13. The van der Waals surface area contributed by atoms with Crippen LogP contribution < -0.4 is 10.1 Å². The SMILES string of the molecule is COc1cc(Nc2cc(Cl)nc(C(C)C)n2)c(Br)cc1Br. The molecule has 0 unspecified atom stereocenters. The molecule has 0 aliphatic carbocycles. The maximum atomic E-state index is 6.05. The van der Waals surface area contributed by atoms with Crippen LogP contribution in [0.15, 0.2) is 27.1 Å². The molecule has 1 aromatic heterocycles. The van der Waals surface area contributed by atoms with Gasteiger partial charge in [-0.3, -0.25) is 0 Å². The monoisotopic (exact) mass is 433 g/mol. The van der Waals surface area contributed by atoms with Gasteiger partial charge in [0.1, 0.15) is 22.5 Å². The van der Waals surface area contributed by atoms with Crippen molar-refractivity contribution in [3.8, 4) is 5.75 Å². The number of nitrogens with zero attached hydrogens (tertiary/aromatic N) is 2. The average molecular weight is 436 g/mol. The number of benzene rings is 1. The van der Waals surface area contributed by atoms with Crippen LogP contribution in [-0.2, 0) is 0 Å². The Morgan fingerprint density at radius 1 is 1.14 bits per heavy atom. The summed E-state index contributed by atoms with van der Waals surface area (Å²) in [6.45, 7) is 4.04. The van der Waals surface area contributed by atoms with E-state index in [1.54, 1.807) is 13.2 Å². The molecule has 1 aromatic carbocycles. The van der Waals surface area contributed by atoms with Gasteiger partial charge in [0.2, 0.25) is 0 Å². The number of anilines is 2. The van der Waals surface area contributed by atoms with Gasteiger partial charge < -0.3 is 10.1 Å². The summed E-state index contributed by atoms with van der Waals surface area (Å²) in [5.74, 6) is 2.27. The Hall–Kier alpha value is -0.850. The Balaban J connectivity index is 2.38. The predicted molar refractivity (Wildman–Crippen MR) is 92.8 cm³/mol. The van der Waals surface area contributed by atoms with Gasteiger partial charge in [0.25, 0.3) is 0 Å². The molecular formula is C14H14Br2ClN3O. The molecular weight excluding hydrogens is 421 g/mol. The van der Waals surface area contributed by atoms with E-state index in [0.29, 0.717) is 16.8 Å². The lowest BCUT2D eigenvalue weighted by atomic mass is 10.2. The molecule has 0 saturated carbocycles.